The summed E-state index contributed by atoms with van der Waals surface area (Å²) in [5, 5.41) is 3.66. The lowest BCUT2D eigenvalue weighted by Crippen LogP contribution is -2.26. The van der Waals surface area contributed by atoms with Gasteiger partial charge in [0.2, 0.25) is 5.96 Å². The van der Waals surface area contributed by atoms with E-state index < -0.39 is 0 Å². The maximum absolute atomic E-state index is 5.14. The fraction of sp³-hybridized carbons (Fsp3) is 0.125. The van der Waals surface area contributed by atoms with E-state index in [1.807, 2.05) is 24.3 Å². The van der Waals surface area contributed by atoms with Crippen molar-refractivity contribution >= 4 is 21.9 Å². The van der Waals surface area contributed by atoms with Crippen LogP contribution < -0.4 is 16.9 Å². The van der Waals surface area contributed by atoms with Crippen LogP contribution >= 0.6 is 15.9 Å². The molecule has 0 aliphatic carbocycles. The summed E-state index contributed by atoms with van der Waals surface area (Å²) in [7, 11) is 0. The molecule has 0 saturated carbocycles. The van der Waals surface area contributed by atoms with Crippen LogP contribution in [0.3, 0.4) is 0 Å². The average molecular weight is 243 g/mol. The van der Waals surface area contributed by atoms with Crippen LogP contribution in [0, 0.1) is 0 Å². The lowest BCUT2D eigenvalue weighted by Gasteiger charge is -2.01. The average Bonchev–Trinajstić information content (AvgIpc) is 2.03. The molecule has 1 rings (SSSR count). The summed E-state index contributed by atoms with van der Waals surface area (Å²) < 4.78 is 1.04. The Morgan fingerprint density at radius 3 is 2.85 bits per heavy atom. The van der Waals surface area contributed by atoms with E-state index >= 15 is 0 Å². The maximum Gasteiger partial charge on any atom is 0.208 e. The van der Waals surface area contributed by atoms with Gasteiger partial charge in [-0.1, -0.05) is 28.1 Å². The highest BCUT2D eigenvalue weighted by molar-refractivity contribution is 9.10. The number of guanidine groups is 1. The van der Waals surface area contributed by atoms with Crippen LogP contribution in [0.4, 0.5) is 0 Å². The van der Waals surface area contributed by atoms with E-state index in [0.717, 1.165) is 10.0 Å². The summed E-state index contributed by atoms with van der Waals surface area (Å²) in [5.41, 5.74) is 14.1. The predicted octanol–water partition coefficient (Wildman–Crippen LogP) is 0.727. The van der Waals surface area contributed by atoms with Crippen molar-refractivity contribution in [3.05, 3.63) is 34.3 Å². The smallest absolute Gasteiger partial charge is 0.208 e. The summed E-state index contributed by atoms with van der Waals surface area (Å²) >= 11 is 3.37. The third kappa shape index (κ3) is 3.80. The van der Waals surface area contributed by atoms with E-state index in [1.54, 1.807) is 0 Å². The second-order valence-electron chi connectivity index (χ2n) is 2.50. The van der Waals surface area contributed by atoms with Crippen LogP contribution in [0.5, 0.6) is 0 Å². The first-order valence-electron chi connectivity index (χ1n) is 3.74. The molecule has 0 unspecified atom stereocenters. The molecule has 1 aromatic rings. The SMILES string of the molecule is NC(N)=NNCc1cccc(Br)c1. The molecule has 70 valence electrons. The van der Waals surface area contributed by atoms with Gasteiger partial charge in [-0.3, -0.25) is 0 Å². The van der Waals surface area contributed by atoms with Gasteiger partial charge in [0.05, 0.1) is 6.54 Å². The molecule has 5 N–H and O–H groups in total. The summed E-state index contributed by atoms with van der Waals surface area (Å²) in [6, 6.07) is 7.90. The molecule has 0 spiro atoms. The molecule has 0 heterocycles. The third-order valence-corrected chi connectivity index (χ3v) is 1.87. The number of halogens is 1. The van der Waals surface area contributed by atoms with Crippen molar-refractivity contribution in [3.8, 4) is 0 Å². The Balaban J connectivity index is 2.50. The van der Waals surface area contributed by atoms with E-state index in [9.17, 15) is 0 Å². The minimum atomic E-state index is 0.0370. The van der Waals surface area contributed by atoms with Crippen LogP contribution in [0.2, 0.25) is 0 Å². The van der Waals surface area contributed by atoms with Gasteiger partial charge in [0.1, 0.15) is 0 Å². The van der Waals surface area contributed by atoms with Crippen LogP contribution in [-0.2, 0) is 6.54 Å². The van der Waals surface area contributed by atoms with Crippen LogP contribution in [0.15, 0.2) is 33.8 Å². The molecule has 0 bridgehead atoms. The first-order valence-corrected chi connectivity index (χ1v) is 4.54. The standard InChI is InChI=1S/C8H11BrN4/c9-7-3-1-2-6(4-7)5-12-13-8(10)11/h1-4,12H,5H2,(H4,10,11,13). The predicted molar refractivity (Wildman–Crippen MR) is 56.8 cm³/mol. The lowest BCUT2D eigenvalue weighted by molar-refractivity contribution is 0.740. The van der Waals surface area contributed by atoms with Crippen molar-refractivity contribution in [2.75, 3.05) is 0 Å². The highest BCUT2D eigenvalue weighted by atomic mass is 79.9. The van der Waals surface area contributed by atoms with Crippen molar-refractivity contribution in [2.24, 2.45) is 16.6 Å². The lowest BCUT2D eigenvalue weighted by atomic mass is 10.2. The Morgan fingerprint density at radius 1 is 1.46 bits per heavy atom. The molecule has 13 heavy (non-hydrogen) atoms. The Morgan fingerprint density at radius 2 is 2.23 bits per heavy atom. The number of nitrogens with two attached hydrogens (primary N) is 2. The largest absolute Gasteiger partial charge is 0.369 e. The van der Waals surface area contributed by atoms with E-state index in [0.29, 0.717) is 6.54 Å². The van der Waals surface area contributed by atoms with Gasteiger partial charge in [-0.05, 0) is 17.7 Å². The fourth-order valence-electron chi connectivity index (χ4n) is 0.869. The minimum Gasteiger partial charge on any atom is -0.369 e. The quantitative estimate of drug-likeness (QED) is 0.416. The summed E-state index contributed by atoms with van der Waals surface area (Å²) in [6.07, 6.45) is 0. The maximum atomic E-state index is 5.14. The van der Waals surface area contributed by atoms with E-state index in [2.05, 4.69) is 26.5 Å². The molecule has 1 aromatic carbocycles. The molecule has 0 radical (unpaired) electrons. The monoisotopic (exact) mass is 242 g/mol. The zero-order valence-electron chi connectivity index (χ0n) is 7.00. The molecule has 0 fully saturated rings. The van der Waals surface area contributed by atoms with Crippen LogP contribution in [0.1, 0.15) is 5.56 Å². The number of hydrogen-bond donors (Lipinski definition) is 3. The number of nitrogens with zero attached hydrogens (tertiary/aromatic N) is 1. The van der Waals surface area contributed by atoms with Gasteiger partial charge < -0.3 is 16.9 Å². The Kier molecular flexibility index (Phi) is 3.57. The van der Waals surface area contributed by atoms with Crippen molar-refractivity contribution < 1.29 is 0 Å². The number of nitrogens with one attached hydrogen (secondary N) is 1. The summed E-state index contributed by atoms with van der Waals surface area (Å²) in [6.45, 7) is 0.608. The molecule has 5 heteroatoms. The molecule has 0 amide bonds. The van der Waals surface area contributed by atoms with E-state index in [1.165, 1.54) is 0 Å². The second kappa shape index (κ2) is 4.71. The highest BCUT2D eigenvalue weighted by Gasteiger charge is 1.91. The van der Waals surface area contributed by atoms with Crippen molar-refractivity contribution in [1.29, 1.82) is 0 Å². The second-order valence-corrected chi connectivity index (χ2v) is 3.42. The van der Waals surface area contributed by atoms with Gasteiger partial charge in [-0.2, -0.15) is 0 Å². The van der Waals surface area contributed by atoms with Gasteiger partial charge in [0, 0.05) is 4.47 Å². The summed E-state index contributed by atoms with van der Waals surface area (Å²) in [5.74, 6) is 0.0370. The molecule has 0 aliphatic heterocycles. The van der Waals surface area contributed by atoms with Crippen LogP contribution in [-0.4, -0.2) is 5.96 Å². The van der Waals surface area contributed by atoms with Crippen LogP contribution in [0.25, 0.3) is 0 Å². The zero-order chi connectivity index (χ0) is 9.68. The minimum absolute atomic E-state index is 0.0370. The molecular formula is C8H11BrN4. The van der Waals surface area contributed by atoms with E-state index in [-0.39, 0.29) is 5.96 Å². The van der Waals surface area contributed by atoms with Crippen molar-refractivity contribution in [2.45, 2.75) is 6.54 Å². The molecule has 0 saturated heterocycles. The Labute approximate surface area is 85.1 Å². The highest BCUT2D eigenvalue weighted by Crippen LogP contribution is 2.10. The molecular weight excluding hydrogens is 232 g/mol. The molecule has 0 aliphatic rings. The topological polar surface area (TPSA) is 76.4 Å². The van der Waals surface area contributed by atoms with Gasteiger partial charge in [0.15, 0.2) is 0 Å². The number of benzene rings is 1. The third-order valence-electron chi connectivity index (χ3n) is 1.38. The first kappa shape index (κ1) is 9.85. The van der Waals surface area contributed by atoms with Gasteiger partial charge in [0.25, 0.3) is 0 Å². The number of hydrazone groups is 1. The first-order chi connectivity index (χ1) is 6.18. The Hall–Kier alpha value is -1.23. The van der Waals surface area contributed by atoms with Crippen molar-refractivity contribution in [3.63, 3.8) is 0 Å². The fourth-order valence-corrected chi connectivity index (χ4v) is 1.32. The zero-order valence-corrected chi connectivity index (χ0v) is 8.58. The normalized spacial score (nSPS) is 9.31. The number of hydrogen-bond acceptors (Lipinski definition) is 2. The van der Waals surface area contributed by atoms with Gasteiger partial charge in [-0.15, -0.1) is 5.10 Å². The van der Waals surface area contributed by atoms with E-state index in [4.69, 9.17) is 11.5 Å². The number of rotatable bonds is 3. The van der Waals surface area contributed by atoms with Crippen molar-refractivity contribution in [1.82, 2.24) is 5.43 Å². The van der Waals surface area contributed by atoms with Gasteiger partial charge >= 0.3 is 0 Å². The van der Waals surface area contributed by atoms with Gasteiger partial charge in [-0.25, -0.2) is 0 Å². The summed E-state index contributed by atoms with van der Waals surface area (Å²) in [4.78, 5) is 0. The molecule has 4 nitrogen and oxygen atoms in total. The molecule has 0 atom stereocenters. The molecule has 0 aromatic heterocycles. The Bertz CT molecular complexity index is 307.